The van der Waals surface area contributed by atoms with Crippen LogP contribution in [0.5, 0.6) is 0 Å². The molecule has 0 aliphatic rings. The van der Waals surface area contributed by atoms with Crippen LogP contribution in [0.15, 0.2) is 18.3 Å². The normalized spacial score (nSPS) is 10.6. The minimum Gasteiger partial charge on any atom is -0.383 e. The SMILES string of the molecule is CC.Cc1cc(Cl)c2ncc(C#N)c(NCC(C)(C)C)c2c1. The summed E-state index contributed by atoms with van der Waals surface area (Å²) >= 11 is 6.25. The summed E-state index contributed by atoms with van der Waals surface area (Å²) in [4.78, 5) is 4.30. The number of halogens is 1. The predicted octanol–water partition coefficient (Wildman–Crippen LogP) is 5.55. The van der Waals surface area contributed by atoms with E-state index < -0.39 is 0 Å². The molecule has 22 heavy (non-hydrogen) atoms. The van der Waals surface area contributed by atoms with Crippen LogP contribution in [0.3, 0.4) is 0 Å². The fourth-order valence-electron chi connectivity index (χ4n) is 2.02. The van der Waals surface area contributed by atoms with Gasteiger partial charge in [-0.2, -0.15) is 5.26 Å². The highest BCUT2D eigenvalue weighted by Gasteiger charge is 2.15. The zero-order chi connectivity index (χ0) is 16.9. The molecule has 0 aliphatic heterocycles. The Hall–Kier alpha value is -1.79. The first-order valence-corrected chi connectivity index (χ1v) is 7.92. The number of hydrogen-bond acceptors (Lipinski definition) is 3. The highest BCUT2D eigenvalue weighted by atomic mass is 35.5. The Morgan fingerprint density at radius 2 is 1.91 bits per heavy atom. The Kier molecular flexibility index (Phi) is 6.20. The van der Waals surface area contributed by atoms with Gasteiger partial charge in [0.1, 0.15) is 6.07 Å². The monoisotopic (exact) mass is 317 g/mol. The van der Waals surface area contributed by atoms with Crippen molar-refractivity contribution in [2.75, 3.05) is 11.9 Å². The summed E-state index contributed by atoms with van der Waals surface area (Å²) in [6.07, 6.45) is 1.58. The second-order valence-electron chi connectivity index (χ2n) is 6.22. The molecular weight excluding hydrogens is 294 g/mol. The summed E-state index contributed by atoms with van der Waals surface area (Å²) in [5, 5.41) is 14.2. The number of aryl methyl sites for hydroxylation is 1. The molecule has 2 rings (SSSR count). The number of nitriles is 1. The van der Waals surface area contributed by atoms with E-state index in [2.05, 4.69) is 37.1 Å². The summed E-state index contributed by atoms with van der Waals surface area (Å²) in [7, 11) is 0. The third-order valence-corrected chi connectivity index (χ3v) is 3.27. The molecule has 0 bridgehead atoms. The molecule has 0 amide bonds. The summed E-state index contributed by atoms with van der Waals surface area (Å²) in [6, 6.07) is 6.09. The summed E-state index contributed by atoms with van der Waals surface area (Å²) in [5.41, 5.74) is 3.27. The maximum atomic E-state index is 9.28. The van der Waals surface area contributed by atoms with Crippen molar-refractivity contribution >= 4 is 28.2 Å². The maximum Gasteiger partial charge on any atom is 0.103 e. The topological polar surface area (TPSA) is 48.7 Å². The molecule has 4 heteroatoms. The van der Waals surface area contributed by atoms with Gasteiger partial charge in [0.15, 0.2) is 0 Å². The molecule has 1 aromatic carbocycles. The summed E-state index contributed by atoms with van der Waals surface area (Å²) in [5.74, 6) is 0. The van der Waals surface area contributed by atoms with Crippen molar-refractivity contribution in [1.29, 1.82) is 5.26 Å². The van der Waals surface area contributed by atoms with E-state index in [1.165, 1.54) is 0 Å². The Morgan fingerprint density at radius 3 is 2.45 bits per heavy atom. The van der Waals surface area contributed by atoms with Crippen LogP contribution in [0.25, 0.3) is 10.9 Å². The maximum absolute atomic E-state index is 9.28. The molecule has 0 spiro atoms. The standard InChI is InChI=1S/C16H18ClN3.C2H6/c1-10-5-12-14(20-9-16(2,3)4)11(7-18)8-19-15(12)13(17)6-10;1-2/h5-6,8H,9H2,1-4H3,(H,19,20);1-2H3. The Bertz CT molecular complexity index is 694. The van der Waals surface area contributed by atoms with Gasteiger partial charge in [0.05, 0.1) is 21.8 Å². The Balaban J connectivity index is 0.00000116. The smallest absolute Gasteiger partial charge is 0.103 e. The van der Waals surface area contributed by atoms with Crippen LogP contribution >= 0.6 is 11.6 Å². The van der Waals surface area contributed by atoms with Crippen LogP contribution in [0, 0.1) is 23.7 Å². The van der Waals surface area contributed by atoms with E-state index in [0.29, 0.717) is 10.6 Å². The molecule has 0 unspecified atom stereocenters. The first-order valence-electron chi connectivity index (χ1n) is 7.54. The Labute approximate surface area is 138 Å². The third-order valence-electron chi connectivity index (χ3n) is 2.99. The second kappa shape index (κ2) is 7.47. The molecule has 0 saturated carbocycles. The lowest BCUT2D eigenvalue weighted by atomic mass is 9.96. The van der Waals surface area contributed by atoms with Gasteiger partial charge in [0.25, 0.3) is 0 Å². The van der Waals surface area contributed by atoms with Crippen molar-refractivity contribution in [3.63, 3.8) is 0 Å². The van der Waals surface area contributed by atoms with Crippen molar-refractivity contribution in [2.45, 2.75) is 41.5 Å². The van der Waals surface area contributed by atoms with E-state index in [1.54, 1.807) is 6.20 Å². The van der Waals surface area contributed by atoms with Gasteiger partial charge in [0, 0.05) is 18.1 Å². The molecule has 0 aliphatic carbocycles. The number of benzene rings is 1. The lowest BCUT2D eigenvalue weighted by molar-refractivity contribution is 0.443. The number of rotatable bonds is 2. The van der Waals surface area contributed by atoms with Crippen LogP contribution in [-0.2, 0) is 0 Å². The number of hydrogen-bond donors (Lipinski definition) is 1. The quantitative estimate of drug-likeness (QED) is 0.789. The first-order chi connectivity index (χ1) is 10.3. The lowest BCUT2D eigenvalue weighted by Gasteiger charge is -2.21. The van der Waals surface area contributed by atoms with Crippen LogP contribution in [0.2, 0.25) is 5.02 Å². The van der Waals surface area contributed by atoms with Gasteiger partial charge in [-0.1, -0.05) is 46.2 Å². The predicted molar refractivity (Wildman–Crippen MR) is 95.5 cm³/mol. The Morgan fingerprint density at radius 1 is 1.27 bits per heavy atom. The number of fused-ring (bicyclic) bond motifs is 1. The molecule has 1 heterocycles. The number of pyridine rings is 1. The average molecular weight is 318 g/mol. The first kappa shape index (κ1) is 18.3. The second-order valence-corrected chi connectivity index (χ2v) is 6.62. The van der Waals surface area contributed by atoms with Crippen molar-refractivity contribution in [3.8, 4) is 6.07 Å². The van der Waals surface area contributed by atoms with Crippen LogP contribution in [-0.4, -0.2) is 11.5 Å². The molecule has 118 valence electrons. The van der Waals surface area contributed by atoms with E-state index in [0.717, 1.165) is 28.7 Å². The number of nitrogens with one attached hydrogen (secondary N) is 1. The largest absolute Gasteiger partial charge is 0.383 e. The van der Waals surface area contributed by atoms with E-state index in [9.17, 15) is 5.26 Å². The number of aromatic nitrogens is 1. The molecule has 0 fully saturated rings. The van der Waals surface area contributed by atoms with Gasteiger partial charge < -0.3 is 5.32 Å². The molecule has 0 atom stereocenters. The zero-order valence-electron chi connectivity index (χ0n) is 14.2. The third kappa shape index (κ3) is 4.35. The molecular formula is C18H24ClN3. The fourth-order valence-corrected chi connectivity index (χ4v) is 2.35. The van der Waals surface area contributed by atoms with Crippen molar-refractivity contribution in [3.05, 3.63) is 34.5 Å². The van der Waals surface area contributed by atoms with Crippen LogP contribution in [0.1, 0.15) is 45.7 Å². The molecule has 1 aromatic heterocycles. The minimum absolute atomic E-state index is 0.121. The average Bonchev–Trinajstić information content (AvgIpc) is 2.45. The number of anilines is 1. The van der Waals surface area contributed by atoms with Gasteiger partial charge in [-0.15, -0.1) is 0 Å². The van der Waals surface area contributed by atoms with Gasteiger partial charge in [-0.3, -0.25) is 4.98 Å². The highest BCUT2D eigenvalue weighted by molar-refractivity contribution is 6.35. The van der Waals surface area contributed by atoms with Crippen molar-refractivity contribution in [1.82, 2.24) is 4.98 Å². The van der Waals surface area contributed by atoms with E-state index in [1.807, 2.05) is 32.9 Å². The minimum atomic E-state index is 0.121. The molecule has 0 radical (unpaired) electrons. The number of nitrogens with zero attached hydrogens (tertiary/aromatic N) is 2. The van der Waals surface area contributed by atoms with Gasteiger partial charge >= 0.3 is 0 Å². The van der Waals surface area contributed by atoms with Gasteiger partial charge in [0.2, 0.25) is 0 Å². The zero-order valence-corrected chi connectivity index (χ0v) is 15.0. The molecule has 0 saturated heterocycles. The molecule has 2 aromatic rings. The van der Waals surface area contributed by atoms with Gasteiger partial charge in [-0.05, 0) is 30.0 Å². The van der Waals surface area contributed by atoms with Crippen LogP contribution < -0.4 is 5.32 Å². The van der Waals surface area contributed by atoms with Crippen LogP contribution in [0.4, 0.5) is 5.69 Å². The molecule has 3 nitrogen and oxygen atoms in total. The van der Waals surface area contributed by atoms with Crippen molar-refractivity contribution < 1.29 is 0 Å². The summed E-state index contributed by atoms with van der Waals surface area (Å²) in [6.45, 7) is 13.2. The highest BCUT2D eigenvalue weighted by Crippen LogP contribution is 2.32. The van der Waals surface area contributed by atoms with Crippen molar-refractivity contribution in [2.24, 2.45) is 5.41 Å². The van der Waals surface area contributed by atoms with E-state index in [4.69, 9.17) is 11.6 Å². The molecule has 1 N–H and O–H groups in total. The fraction of sp³-hybridized carbons (Fsp3) is 0.444. The van der Waals surface area contributed by atoms with E-state index in [-0.39, 0.29) is 5.41 Å². The lowest BCUT2D eigenvalue weighted by Crippen LogP contribution is -2.19. The van der Waals surface area contributed by atoms with Gasteiger partial charge in [-0.25, -0.2) is 0 Å². The van der Waals surface area contributed by atoms with E-state index >= 15 is 0 Å². The summed E-state index contributed by atoms with van der Waals surface area (Å²) < 4.78 is 0.